The molecular formula is C24H34FN3O7S. The highest BCUT2D eigenvalue weighted by Crippen LogP contribution is 2.52. The quantitative estimate of drug-likeness (QED) is 0.426. The molecule has 0 aromatic heterocycles. The highest BCUT2D eigenvalue weighted by molar-refractivity contribution is 7.89. The van der Waals surface area contributed by atoms with Gasteiger partial charge in [-0.3, -0.25) is 4.79 Å². The van der Waals surface area contributed by atoms with Crippen LogP contribution in [0.25, 0.3) is 0 Å². The number of nitrogens with zero attached hydrogens (tertiary/aromatic N) is 2. The highest BCUT2D eigenvalue weighted by Gasteiger charge is 2.58. The van der Waals surface area contributed by atoms with Crippen LogP contribution in [-0.2, 0) is 29.1 Å². The lowest BCUT2D eigenvalue weighted by Crippen LogP contribution is -2.69. The summed E-state index contributed by atoms with van der Waals surface area (Å²) in [6.07, 6.45) is 0.805. The van der Waals surface area contributed by atoms with E-state index in [4.69, 9.17) is 4.74 Å². The van der Waals surface area contributed by atoms with Crippen LogP contribution in [0, 0.1) is 11.2 Å². The van der Waals surface area contributed by atoms with Crippen LogP contribution in [0.5, 0.6) is 0 Å². The molecule has 2 fully saturated rings. The summed E-state index contributed by atoms with van der Waals surface area (Å²) in [5.74, 6) is -2.56. The molecule has 12 heteroatoms. The lowest BCUT2D eigenvalue weighted by molar-refractivity contribution is -0.166. The molecule has 0 unspecified atom stereocenters. The molecule has 1 N–H and O–H groups in total. The van der Waals surface area contributed by atoms with Gasteiger partial charge in [0.1, 0.15) is 16.3 Å². The van der Waals surface area contributed by atoms with Crippen LogP contribution < -0.4 is 5.32 Å². The number of ether oxygens (including phenoxy) is 2. The van der Waals surface area contributed by atoms with Crippen LogP contribution in [0.3, 0.4) is 0 Å². The molecule has 36 heavy (non-hydrogen) atoms. The number of amides is 2. The Morgan fingerprint density at radius 3 is 2.39 bits per heavy atom. The van der Waals surface area contributed by atoms with Crippen LogP contribution >= 0.6 is 0 Å². The molecule has 1 saturated heterocycles. The zero-order chi connectivity index (χ0) is 26.9. The molecular weight excluding hydrogens is 493 g/mol. The summed E-state index contributed by atoms with van der Waals surface area (Å²) < 4.78 is 50.7. The van der Waals surface area contributed by atoms with E-state index in [-0.39, 0.29) is 36.0 Å². The van der Waals surface area contributed by atoms with E-state index in [9.17, 15) is 27.2 Å². The second kappa shape index (κ2) is 10.3. The maximum Gasteiger partial charge on any atom is 0.407 e. The van der Waals surface area contributed by atoms with Crippen molar-refractivity contribution in [1.82, 2.24) is 14.5 Å². The predicted molar refractivity (Wildman–Crippen MR) is 128 cm³/mol. The third-order valence-corrected chi connectivity index (χ3v) is 8.33. The van der Waals surface area contributed by atoms with E-state index >= 15 is 0 Å². The number of alkyl carbamates (subject to hydrolysis) is 1. The van der Waals surface area contributed by atoms with E-state index in [1.165, 1.54) is 27.4 Å². The second-order valence-electron chi connectivity index (χ2n) is 10.5. The van der Waals surface area contributed by atoms with Gasteiger partial charge in [-0.25, -0.2) is 22.4 Å². The van der Waals surface area contributed by atoms with E-state index in [1.54, 1.807) is 27.7 Å². The molecule has 0 radical (unpaired) electrons. The molecule has 1 saturated carbocycles. The molecule has 1 heterocycles. The first-order chi connectivity index (χ1) is 16.7. The Hall–Kier alpha value is -2.73. The Balaban J connectivity index is 1.60. The second-order valence-corrected chi connectivity index (χ2v) is 12.4. The van der Waals surface area contributed by atoms with Crippen molar-refractivity contribution in [3.05, 3.63) is 30.1 Å². The summed E-state index contributed by atoms with van der Waals surface area (Å²) in [5.41, 5.74) is -0.967. The van der Waals surface area contributed by atoms with Crippen molar-refractivity contribution < 1.29 is 36.7 Å². The summed E-state index contributed by atoms with van der Waals surface area (Å²) in [5, 5.41) is 2.64. The summed E-state index contributed by atoms with van der Waals surface area (Å²) in [4.78, 5) is 37.8. The topological polar surface area (TPSA) is 122 Å². The third-order valence-electron chi connectivity index (χ3n) is 6.51. The number of halogens is 1. The maximum atomic E-state index is 14.1. The number of benzene rings is 1. The average Bonchev–Trinajstić information content (AvgIpc) is 2.71. The SMILES string of the molecule is COC(=O)C(=O)N(C1CC2(C1)CN(S(=O)(=O)c1ccccc1F)C2)[C@H](C)CCNC(=O)OC(C)(C)C. The van der Waals surface area contributed by atoms with Gasteiger partial charge in [0.2, 0.25) is 10.0 Å². The van der Waals surface area contributed by atoms with Gasteiger partial charge in [0.05, 0.1) is 7.11 Å². The molecule has 1 aliphatic heterocycles. The first-order valence-electron chi connectivity index (χ1n) is 11.8. The molecule has 1 aliphatic carbocycles. The van der Waals surface area contributed by atoms with Crippen molar-refractivity contribution in [3.63, 3.8) is 0 Å². The number of nitrogens with one attached hydrogen (secondary N) is 1. The van der Waals surface area contributed by atoms with Crippen molar-refractivity contribution >= 4 is 28.0 Å². The summed E-state index contributed by atoms with van der Waals surface area (Å²) >= 11 is 0. The molecule has 0 bridgehead atoms. The fraction of sp³-hybridized carbons (Fsp3) is 0.625. The van der Waals surface area contributed by atoms with Crippen molar-refractivity contribution in [3.8, 4) is 0 Å². The zero-order valence-corrected chi connectivity index (χ0v) is 22.1. The number of sulfonamides is 1. The number of carbonyl (C=O) groups is 3. The Morgan fingerprint density at radius 1 is 1.22 bits per heavy atom. The van der Waals surface area contributed by atoms with Gasteiger partial charge in [0, 0.05) is 37.1 Å². The Kier molecular flexibility index (Phi) is 7.99. The van der Waals surface area contributed by atoms with Crippen molar-refractivity contribution in [2.45, 2.75) is 69.5 Å². The van der Waals surface area contributed by atoms with Crippen molar-refractivity contribution in [2.24, 2.45) is 5.41 Å². The Bertz CT molecular complexity index is 1100. The lowest BCUT2D eigenvalue weighted by atomic mass is 9.61. The van der Waals surface area contributed by atoms with Gasteiger partial charge < -0.3 is 19.7 Å². The number of esters is 1. The molecule has 3 rings (SSSR count). The minimum absolute atomic E-state index is 0.217. The summed E-state index contributed by atoms with van der Waals surface area (Å²) in [7, 11) is -2.82. The van der Waals surface area contributed by atoms with E-state index in [1.807, 2.05) is 0 Å². The van der Waals surface area contributed by atoms with Crippen LogP contribution in [0.2, 0.25) is 0 Å². The van der Waals surface area contributed by atoms with Crippen molar-refractivity contribution in [2.75, 3.05) is 26.7 Å². The van der Waals surface area contributed by atoms with Gasteiger partial charge in [0.25, 0.3) is 0 Å². The highest BCUT2D eigenvalue weighted by atomic mass is 32.2. The van der Waals surface area contributed by atoms with Crippen LogP contribution in [0.15, 0.2) is 29.2 Å². The van der Waals surface area contributed by atoms with Gasteiger partial charge in [0.15, 0.2) is 0 Å². The third kappa shape index (κ3) is 5.97. The van der Waals surface area contributed by atoms with Gasteiger partial charge >= 0.3 is 18.0 Å². The normalized spacial score (nSPS) is 18.5. The van der Waals surface area contributed by atoms with Gasteiger partial charge in [-0.1, -0.05) is 12.1 Å². The fourth-order valence-electron chi connectivity index (χ4n) is 4.81. The number of methoxy groups -OCH3 is 1. The predicted octanol–water partition coefficient (Wildman–Crippen LogP) is 2.28. The zero-order valence-electron chi connectivity index (χ0n) is 21.2. The molecule has 10 nitrogen and oxygen atoms in total. The molecule has 1 aromatic rings. The van der Waals surface area contributed by atoms with Gasteiger partial charge in [-0.2, -0.15) is 4.31 Å². The first kappa shape index (κ1) is 27.9. The molecule has 1 spiro atoms. The molecule has 200 valence electrons. The number of hydrogen-bond donors (Lipinski definition) is 1. The fourth-order valence-corrected chi connectivity index (χ4v) is 6.55. The van der Waals surface area contributed by atoms with Crippen LogP contribution in [-0.4, -0.2) is 80.0 Å². The van der Waals surface area contributed by atoms with Gasteiger partial charge in [-0.15, -0.1) is 0 Å². The van der Waals surface area contributed by atoms with E-state index in [2.05, 4.69) is 10.1 Å². The van der Waals surface area contributed by atoms with Crippen LogP contribution in [0.1, 0.15) is 47.0 Å². The number of carbonyl (C=O) groups excluding carboxylic acids is 3. The Labute approximate surface area is 211 Å². The van der Waals surface area contributed by atoms with Crippen LogP contribution in [0.4, 0.5) is 9.18 Å². The summed E-state index contributed by atoms with van der Waals surface area (Å²) in [6.45, 7) is 7.70. The average molecular weight is 528 g/mol. The van der Waals surface area contributed by atoms with E-state index in [0.29, 0.717) is 19.3 Å². The lowest BCUT2D eigenvalue weighted by Gasteiger charge is -2.60. The molecule has 2 aliphatic rings. The monoisotopic (exact) mass is 527 g/mol. The maximum absolute atomic E-state index is 14.1. The smallest absolute Gasteiger partial charge is 0.407 e. The summed E-state index contributed by atoms with van der Waals surface area (Å²) in [6, 6.07) is 4.57. The molecule has 1 atom stereocenters. The standard InChI is InChI=1S/C24H34FN3O7S/c1-16(10-11-26-22(31)35-23(2,3)4)28(20(29)21(30)34-5)17-12-24(13-17)14-27(15-24)36(32,33)19-9-7-6-8-18(19)25/h6-9,16-17H,10-15H2,1-5H3,(H,26,31)/t16-/m1/s1. The Morgan fingerprint density at radius 2 is 1.83 bits per heavy atom. The van der Waals surface area contributed by atoms with E-state index < -0.39 is 45.5 Å². The van der Waals surface area contributed by atoms with Crippen molar-refractivity contribution in [1.29, 1.82) is 0 Å². The molecule has 1 aromatic carbocycles. The molecule has 2 amide bonds. The number of rotatable bonds is 7. The minimum atomic E-state index is -3.95. The van der Waals surface area contributed by atoms with E-state index in [0.717, 1.165) is 13.2 Å². The minimum Gasteiger partial charge on any atom is -0.462 e. The van der Waals surface area contributed by atoms with Gasteiger partial charge in [-0.05, 0) is 59.1 Å². The first-order valence-corrected chi connectivity index (χ1v) is 13.3. The largest absolute Gasteiger partial charge is 0.462 e. The number of hydrogen-bond acceptors (Lipinski definition) is 7.